The number of phenolic OH excluding ortho intramolecular Hbond substituents is 1. The lowest BCUT2D eigenvalue weighted by molar-refractivity contribution is 0.0988. The molecule has 5 nitrogen and oxygen atoms in total. The topological polar surface area (TPSA) is 75.4 Å². The smallest absolute Gasteiger partial charge is 0.294 e. The highest BCUT2D eigenvalue weighted by Crippen LogP contribution is 2.19. The molecule has 2 rings (SSSR count). The normalized spacial score (nSPS) is 10.1. The lowest BCUT2D eigenvalue weighted by atomic mass is 10.3. The van der Waals surface area contributed by atoms with Crippen molar-refractivity contribution in [2.75, 3.05) is 5.32 Å². The van der Waals surface area contributed by atoms with Crippen LogP contribution in [-0.4, -0.2) is 16.2 Å². The molecule has 0 aliphatic carbocycles. The van der Waals surface area contributed by atoms with Crippen molar-refractivity contribution in [3.8, 4) is 5.75 Å². The lowest BCUT2D eigenvalue weighted by Crippen LogP contribution is -2.10. The fourth-order valence-corrected chi connectivity index (χ4v) is 1.11. The number of halogens is 1. The Bertz CT molecular complexity index is 511. The molecular weight excluding hydrogens is 215 g/mol. The third kappa shape index (κ3) is 2.00. The fourth-order valence-electron chi connectivity index (χ4n) is 1.11. The number of hydrogen-bond acceptors (Lipinski definition) is 4. The molecule has 6 heteroatoms. The van der Waals surface area contributed by atoms with E-state index in [-0.39, 0.29) is 11.4 Å². The number of nitrogens with zero attached hydrogens (tertiary/aromatic N) is 1. The second kappa shape index (κ2) is 4.01. The van der Waals surface area contributed by atoms with Gasteiger partial charge in [-0.2, -0.15) is 0 Å². The van der Waals surface area contributed by atoms with Crippen molar-refractivity contribution >= 4 is 11.6 Å². The molecule has 0 radical (unpaired) electrons. The summed E-state index contributed by atoms with van der Waals surface area (Å²) in [5.74, 6) is -1.80. The zero-order valence-corrected chi connectivity index (χ0v) is 7.98. The van der Waals surface area contributed by atoms with Gasteiger partial charge in [0.15, 0.2) is 11.6 Å². The Morgan fingerprint density at radius 1 is 1.44 bits per heavy atom. The van der Waals surface area contributed by atoms with Crippen molar-refractivity contribution in [1.82, 2.24) is 5.16 Å². The molecule has 0 bridgehead atoms. The Hall–Kier alpha value is -2.37. The van der Waals surface area contributed by atoms with Gasteiger partial charge in [0, 0.05) is 17.8 Å². The van der Waals surface area contributed by atoms with E-state index in [1.54, 1.807) is 0 Å². The first-order chi connectivity index (χ1) is 7.66. The number of amides is 1. The second-order valence-electron chi connectivity index (χ2n) is 3.00. The van der Waals surface area contributed by atoms with Gasteiger partial charge in [-0.1, -0.05) is 5.16 Å². The maximum atomic E-state index is 12.9. The quantitative estimate of drug-likeness (QED) is 0.759. The fraction of sp³-hybridized carbons (Fsp3) is 0. The van der Waals surface area contributed by atoms with Crippen LogP contribution in [0.2, 0.25) is 0 Å². The van der Waals surface area contributed by atoms with Crippen molar-refractivity contribution in [1.29, 1.82) is 0 Å². The second-order valence-corrected chi connectivity index (χ2v) is 3.00. The van der Waals surface area contributed by atoms with Gasteiger partial charge in [-0.15, -0.1) is 0 Å². The molecule has 0 aliphatic heterocycles. The molecule has 2 N–H and O–H groups in total. The molecule has 1 aromatic heterocycles. The van der Waals surface area contributed by atoms with Crippen LogP contribution in [0, 0.1) is 5.82 Å². The zero-order chi connectivity index (χ0) is 11.5. The Labute approximate surface area is 89.5 Å². The van der Waals surface area contributed by atoms with Crippen molar-refractivity contribution in [3.63, 3.8) is 0 Å². The highest BCUT2D eigenvalue weighted by Gasteiger charge is 2.10. The molecule has 82 valence electrons. The average Bonchev–Trinajstić information content (AvgIpc) is 2.77. The number of benzene rings is 1. The molecule has 0 unspecified atom stereocenters. The van der Waals surface area contributed by atoms with Gasteiger partial charge in [-0.05, 0) is 12.1 Å². The molecule has 2 aromatic rings. The third-order valence-corrected chi connectivity index (χ3v) is 1.87. The van der Waals surface area contributed by atoms with E-state index >= 15 is 0 Å². The Morgan fingerprint density at radius 3 is 2.88 bits per heavy atom. The van der Waals surface area contributed by atoms with E-state index in [0.717, 1.165) is 12.1 Å². The molecule has 0 aliphatic rings. The number of hydrogen-bond donors (Lipinski definition) is 2. The number of carbonyl (C=O) groups is 1. The Kier molecular flexibility index (Phi) is 2.55. The van der Waals surface area contributed by atoms with Gasteiger partial charge < -0.3 is 14.9 Å². The summed E-state index contributed by atoms with van der Waals surface area (Å²) in [7, 11) is 0. The van der Waals surface area contributed by atoms with E-state index in [2.05, 4.69) is 15.0 Å². The molecule has 0 saturated heterocycles. The maximum absolute atomic E-state index is 12.9. The largest absolute Gasteiger partial charge is 0.505 e. The van der Waals surface area contributed by atoms with Crippen LogP contribution in [0.1, 0.15) is 10.6 Å². The molecule has 1 heterocycles. The summed E-state index contributed by atoms with van der Waals surface area (Å²) in [5, 5.41) is 14.7. The number of carbonyl (C=O) groups excluding carboxylic acids is 1. The van der Waals surface area contributed by atoms with Crippen molar-refractivity contribution in [3.05, 3.63) is 42.0 Å². The number of anilines is 1. The molecule has 1 aromatic carbocycles. The molecule has 16 heavy (non-hydrogen) atoms. The van der Waals surface area contributed by atoms with Gasteiger partial charge in [0.2, 0.25) is 5.76 Å². The summed E-state index contributed by atoms with van der Waals surface area (Å²) in [4.78, 5) is 11.4. The monoisotopic (exact) mass is 222 g/mol. The van der Waals surface area contributed by atoms with E-state index < -0.39 is 17.5 Å². The zero-order valence-electron chi connectivity index (χ0n) is 7.98. The summed E-state index contributed by atoms with van der Waals surface area (Å²) >= 11 is 0. The summed E-state index contributed by atoms with van der Waals surface area (Å²) in [6, 6.07) is 4.90. The maximum Gasteiger partial charge on any atom is 0.294 e. The van der Waals surface area contributed by atoms with E-state index in [9.17, 15) is 9.18 Å². The highest BCUT2D eigenvalue weighted by atomic mass is 19.1. The van der Waals surface area contributed by atoms with Crippen LogP contribution >= 0.6 is 0 Å². The molecule has 0 fully saturated rings. The summed E-state index contributed by atoms with van der Waals surface area (Å²) in [5.41, 5.74) is 0.219. The standard InChI is InChI=1S/C10H7FN2O3/c11-7-5-6(1-2-8(7)14)13-10(15)9-3-4-12-16-9/h1-5,14H,(H,13,15). The first kappa shape index (κ1) is 10.2. The van der Waals surface area contributed by atoms with E-state index in [0.29, 0.717) is 0 Å². The van der Waals surface area contributed by atoms with Crippen LogP contribution in [0.25, 0.3) is 0 Å². The first-order valence-corrected chi connectivity index (χ1v) is 4.37. The third-order valence-electron chi connectivity index (χ3n) is 1.87. The lowest BCUT2D eigenvalue weighted by Gasteiger charge is -2.03. The van der Waals surface area contributed by atoms with Crippen molar-refractivity contribution in [2.24, 2.45) is 0 Å². The first-order valence-electron chi connectivity index (χ1n) is 4.37. The van der Waals surface area contributed by atoms with Crippen molar-refractivity contribution in [2.45, 2.75) is 0 Å². The summed E-state index contributed by atoms with van der Waals surface area (Å²) < 4.78 is 17.6. The predicted molar refractivity (Wildman–Crippen MR) is 52.5 cm³/mol. The summed E-state index contributed by atoms with van der Waals surface area (Å²) in [6.45, 7) is 0. The number of aromatic nitrogens is 1. The molecule has 0 atom stereocenters. The van der Waals surface area contributed by atoms with Crippen LogP contribution in [0.3, 0.4) is 0 Å². The van der Waals surface area contributed by atoms with Gasteiger partial charge in [0.05, 0.1) is 6.20 Å². The van der Waals surface area contributed by atoms with E-state index in [1.807, 2.05) is 0 Å². The molecular formula is C10H7FN2O3. The van der Waals surface area contributed by atoms with E-state index in [4.69, 9.17) is 5.11 Å². The predicted octanol–water partition coefficient (Wildman–Crippen LogP) is 1.77. The molecule has 1 amide bonds. The van der Waals surface area contributed by atoms with Crippen LogP contribution in [0.4, 0.5) is 10.1 Å². The highest BCUT2D eigenvalue weighted by molar-refractivity contribution is 6.02. The van der Waals surface area contributed by atoms with Crippen LogP contribution < -0.4 is 5.32 Å². The SMILES string of the molecule is O=C(Nc1ccc(O)c(F)c1)c1ccno1. The summed E-state index contributed by atoms with van der Waals surface area (Å²) in [6.07, 6.45) is 1.33. The molecule has 0 spiro atoms. The minimum Gasteiger partial charge on any atom is -0.505 e. The van der Waals surface area contributed by atoms with Crippen molar-refractivity contribution < 1.29 is 18.8 Å². The van der Waals surface area contributed by atoms with Gasteiger partial charge in [0.1, 0.15) is 0 Å². The Balaban J connectivity index is 2.15. The van der Waals surface area contributed by atoms with Gasteiger partial charge in [-0.25, -0.2) is 4.39 Å². The number of rotatable bonds is 2. The minimum absolute atomic E-state index is 0.0217. The average molecular weight is 222 g/mol. The van der Waals surface area contributed by atoms with E-state index in [1.165, 1.54) is 18.3 Å². The number of phenols is 1. The van der Waals surface area contributed by atoms with Gasteiger partial charge in [-0.3, -0.25) is 4.79 Å². The number of aromatic hydroxyl groups is 1. The van der Waals surface area contributed by atoms with Crippen LogP contribution in [-0.2, 0) is 0 Å². The number of nitrogens with one attached hydrogen (secondary N) is 1. The minimum atomic E-state index is -0.810. The van der Waals surface area contributed by atoms with Gasteiger partial charge in [0.25, 0.3) is 5.91 Å². The van der Waals surface area contributed by atoms with Gasteiger partial charge >= 0.3 is 0 Å². The van der Waals surface area contributed by atoms with Crippen LogP contribution in [0.15, 0.2) is 35.0 Å². The van der Waals surface area contributed by atoms with Crippen LogP contribution in [0.5, 0.6) is 5.75 Å². The molecule has 0 saturated carbocycles. The Morgan fingerprint density at radius 2 is 2.25 bits per heavy atom.